The summed E-state index contributed by atoms with van der Waals surface area (Å²) in [5.74, 6) is 0. The van der Waals surface area contributed by atoms with E-state index in [-0.39, 0.29) is 16.0 Å². The minimum atomic E-state index is -3.73. The average molecular weight is 381 g/mol. The van der Waals surface area contributed by atoms with Crippen LogP contribution in [-0.4, -0.2) is 46.2 Å². The number of nitrogens with one attached hydrogen (secondary N) is 1. The number of morpholine rings is 1. The maximum Gasteiger partial charge on any atom is 0.242 e. The first-order valence-electron chi connectivity index (χ1n) is 8.18. The number of halogens is 1. The summed E-state index contributed by atoms with van der Waals surface area (Å²) in [7, 11) is -3.73. The second kappa shape index (κ2) is 8.29. The van der Waals surface area contributed by atoms with Gasteiger partial charge in [0, 0.05) is 19.6 Å². The lowest BCUT2D eigenvalue weighted by molar-refractivity contribution is 0.0345. The Bertz CT molecular complexity index is 793. The summed E-state index contributed by atoms with van der Waals surface area (Å²) in [4.78, 5) is 2.30. The van der Waals surface area contributed by atoms with E-state index in [1.807, 2.05) is 30.3 Å². The van der Waals surface area contributed by atoms with Gasteiger partial charge in [0.1, 0.15) is 4.90 Å². The lowest BCUT2D eigenvalue weighted by atomic mass is 10.1. The van der Waals surface area contributed by atoms with Crippen molar-refractivity contribution in [2.24, 2.45) is 0 Å². The maximum absolute atomic E-state index is 12.8. The molecule has 25 heavy (non-hydrogen) atoms. The summed E-state index contributed by atoms with van der Waals surface area (Å²) in [5, 5.41) is 0.216. The fraction of sp³-hybridized carbons (Fsp3) is 0.333. The first-order valence-corrected chi connectivity index (χ1v) is 10.0. The predicted molar refractivity (Wildman–Crippen MR) is 98.2 cm³/mol. The third-order valence-electron chi connectivity index (χ3n) is 4.17. The molecule has 1 aliphatic rings. The van der Waals surface area contributed by atoms with Gasteiger partial charge in [0.25, 0.3) is 0 Å². The summed E-state index contributed by atoms with van der Waals surface area (Å²) in [6.45, 7) is 3.49. The molecule has 0 saturated carbocycles. The zero-order valence-electron chi connectivity index (χ0n) is 13.8. The lowest BCUT2D eigenvalue weighted by Crippen LogP contribution is -2.43. The van der Waals surface area contributed by atoms with Crippen LogP contribution in [0.3, 0.4) is 0 Å². The van der Waals surface area contributed by atoms with E-state index in [0.717, 1.165) is 18.7 Å². The molecule has 0 bridgehead atoms. The van der Waals surface area contributed by atoms with Crippen LogP contribution < -0.4 is 4.72 Å². The Balaban J connectivity index is 1.85. The van der Waals surface area contributed by atoms with Crippen molar-refractivity contribution in [3.8, 4) is 0 Å². The third-order valence-corrected chi connectivity index (χ3v) is 6.14. The molecule has 0 aromatic heterocycles. The predicted octanol–water partition coefficient (Wildman–Crippen LogP) is 2.69. The SMILES string of the molecule is O=S(=O)(N[C@H](CN1CCOCC1)c1ccccc1)c1ccccc1Cl. The van der Waals surface area contributed by atoms with E-state index >= 15 is 0 Å². The lowest BCUT2D eigenvalue weighted by Gasteiger charge is -2.31. The summed E-state index contributed by atoms with van der Waals surface area (Å²) < 4.78 is 33.9. The molecule has 1 heterocycles. The monoisotopic (exact) mass is 380 g/mol. The molecular weight excluding hydrogens is 360 g/mol. The highest BCUT2D eigenvalue weighted by Gasteiger charge is 2.25. The van der Waals surface area contributed by atoms with Gasteiger partial charge < -0.3 is 4.74 Å². The van der Waals surface area contributed by atoms with Crippen LogP contribution in [0.1, 0.15) is 11.6 Å². The first-order chi connectivity index (χ1) is 12.1. The van der Waals surface area contributed by atoms with Crippen LogP contribution in [0.2, 0.25) is 5.02 Å². The van der Waals surface area contributed by atoms with Gasteiger partial charge in [0.15, 0.2) is 0 Å². The van der Waals surface area contributed by atoms with E-state index in [0.29, 0.717) is 19.8 Å². The summed E-state index contributed by atoms with van der Waals surface area (Å²) in [6.07, 6.45) is 0. The fourth-order valence-electron chi connectivity index (χ4n) is 2.85. The average Bonchev–Trinajstić information content (AvgIpc) is 2.63. The quantitative estimate of drug-likeness (QED) is 0.837. The maximum atomic E-state index is 12.8. The minimum absolute atomic E-state index is 0.0968. The Kier molecular flexibility index (Phi) is 6.09. The molecule has 0 radical (unpaired) electrons. The van der Waals surface area contributed by atoms with Gasteiger partial charge in [-0.05, 0) is 17.7 Å². The number of sulfonamides is 1. The van der Waals surface area contributed by atoms with Crippen LogP contribution in [0.15, 0.2) is 59.5 Å². The van der Waals surface area contributed by atoms with Gasteiger partial charge >= 0.3 is 0 Å². The van der Waals surface area contributed by atoms with Gasteiger partial charge in [-0.15, -0.1) is 0 Å². The first kappa shape index (κ1) is 18.4. The summed E-state index contributed by atoms with van der Waals surface area (Å²) in [5.41, 5.74) is 0.921. The molecule has 0 spiro atoms. The van der Waals surface area contributed by atoms with E-state index in [1.54, 1.807) is 18.2 Å². The molecular formula is C18H21ClN2O3S. The van der Waals surface area contributed by atoms with Crippen LogP contribution in [0, 0.1) is 0 Å². The van der Waals surface area contributed by atoms with Gasteiger partial charge in [-0.3, -0.25) is 4.90 Å². The fourth-order valence-corrected chi connectivity index (χ4v) is 4.59. The molecule has 3 rings (SSSR count). The molecule has 1 aliphatic heterocycles. The highest BCUT2D eigenvalue weighted by molar-refractivity contribution is 7.89. The van der Waals surface area contributed by atoms with Crippen molar-refractivity contribution < 1.29 is 13.2 Å². The molecule has 0 unspecified atom stereocenters. The van der Waals surface area contributed by atoms with Crippen LogP contribution >= 0.6 is 11.6 Å². The summed E-state index contributed by atoms with van der Waals surface area (Å²) >= 11 is 6.08. The molecule has 5 nitrogen and oxygen atoms in total. The highest BCUT2D eigenvalue weighted by atomic mass is 35.5. The molecule has 2 aromatic rings. The molecule has 1 fully saturated rings. The second-order valence-corrected chi connectivity index (χ2v) is 8.02. The highest BCUT2D eigenvalue weighted by Crippen LogP contribution is 2.24. The number of hydrogen-bond acceptors (Lipinski definition) is 4. The molecule has 0 amide bonds. The number of hydrogen-bond donors (Lipinski definition) is 1. The number of ether oxygens (including phenoxy) is 1. The third kappa shape index (κ3) is 4.80. The smallest absolute Gasteiger partial charge is 0.242 e. The van der Waals surface area contributed by atoms with Gasteiger partial charge in [0.2, 0.25) is 10.0 Å². The van der Waals surface area contributed by atoms with Crippen LogP contribution in [0.25, 0.3) is 0 Å². The molecule has 7 heteroatoms. The van der Waals surface area contributed by atoms with Crippen molar-refractivity contribution in [1.29, 1.82) is 0 Å². The Morgan fingerprint density at radius 3 is 2.36 bits per heavy atom. The zero-order chi connectivity index (χ0) is 17.7. The van der Waals surface area contributed by atoms with E-state index in [1.165, 1.54) is 6.07 Å². The van der Waals surface area contributed by atoms with E-state index in [4.69, 9.17) is 16.3 Å². The minimum Gasteiger partial charge on any atom is -0.379 e. The van der Waals surface area contributed by atoms with Gasteiger partial charge in [-0.1, -0.05) is 54.1 Å². The van der Waals surface area contributed by atoms with Crippen molar-refractivity contribution in [2.75, 3.05) is 32.8 Å². The number of benzene rings is 2. The van der Waals surface area contributed by atoms with E-state index in [9.17, 15) is 8.42 Å². The Morgan fingerprint density at radius 2 is 1.68 bits per heavy atom. The molecule has 1 saturated heterocycles. The van der Waals surface area contributed by atoms with Crippen LogP contribution in [0.4, 0.5) is 0 Å². The topological polar surface area (TPSA) is 58.6 Å². The number of rotatable bonds is 6. The largest absolute Gasteiger partial charge is 0.379 e. The van der Waals surface area contributed by atoms with Crippen molar-refractivity contribution in [3.63, 3.8) is 0 Å². The van der Waals surface area contributed by atoms with Crippen molar-refractivity contribution in [2.45, 2.75) is 10.9 Å². The van der Waals surface area contributed by atoms with Crippen LogP contribution in [0.5, 0.6) is 0 Å². The van der Waals surface area contributed by atoms with Crippen LogP contribution in [-0.2, 0) is 14.8 Å². The normalized spacial score (nSPS) is 17.3. The molecule has 134 valence electrons. The zero-order valence-corrected chi connectivity index (χ0v) is 15.3. The molecule has 2 aromatic carbocycles. The van der Waals surface area contributed by atoms with Crippen molar-refractivity contribution in [3.05, 3.63) is 65.2 Å². The number of nitrogens with zero attached hydrogens (tertiary/aromatic N) is 1. The van der Waals surface area contributed by atoms with Gasteiger partial charge in [-0.25, -0.2) is 13.1 Å². The molecule has 1 N–H and O–H groups in total. The standard InChI is InChI=1S/C18H21ClN2O3S/c19-16-8-4-5-9-18(16)25(22,23)20-17(15-6-2-1-3-7-15)14-21-10-12-24-13-11-21/h1-9,17,20H,10-14H2/t17-/m1/s1. The van der Waals surface area contributed by atoms with Crippen molar-refractivity contribution >= 4 is 21.6 Å². The summed E-state index contributed by atoms with van der Waals surface area (Å²) in [6, 6.07) is 15.7. The van der Waals surface area contributed by atoms with Gasteiger partial charge in [-0.2, -0.15) is 0 Å². The van der Waals surface area contributed by atoms with Gasteiger partial charge in [0.05, 0.1) is 24.3 Å². The Morgan fingerprint density at radius 1 is 1.04 bits per heavy atom. The Hall–Kier alpha value is -1.44. The van der Waals surface area contributed by atoms with E-state index < -0.39 is 10.0 Å². The molecule has 1 atom stereocenters. The second-order valence-electron chi connectivity index (χ2n) is 5.93. The Labute approximate surface area is 153 Å². The molecule has 0 aliphatic carbocycles. The van der Waals surface area contributed by atoms with E-state index in [2.05, 4.69) is 9.62 Å². The van der Waals surface area contributed by atoms with Crippen molar-refractivity contribution in [1.82, 2.24) is 9.62 Å².